The molecule has 0 spiro atoms. The normalized spacial score (nSPS) is 28.9. The quantitative estimate of drug-likeness (QED) is 0.886. The summed E-state index contributed by atoms with van der Waals surface area (Å²) in [7, 11) is 0. The molecule has 1 aromatic heterocycles. The minimum absolute atomic E-state index is 0.139. The Morgan fingerprint density at radius 2 is 2.30 bits per heavy atom. The van der Waals surface area contributed by atoms with Crippen LogP contribution in [-0.4, -0.2) is 28.7 Å². The molecule has 3 unspecified atom stereocenters. The van der Waals surface area contributed by atoms with Gasteiger partial charge in [0.1, 0.15) is 10.0 Å². The highest BCUT2D eigenvalue weighted by Gasteiger charge is 2.39. The third-order valence-corrected chi connectivity index (χ3v) is 5.58. The number of piperidine rings is 2. The van der Waals surface area contributed by atoms with Gasteiger partial charge < -0.3 is 10.6 Å². The summed E-state index contributed by atoms with van der Waals surface area (Å²) >= 11 is 1.59. The molecule has 1 aromatic rings. The standard InChI is InChI=1S/C14H22N4OS/c1-8(2)14-18-17-12(20-14)7-16-13(19)10-5-9-3-4-11(10)15-6-9/h8-11,15H,3-7H2,1-2H3,(H,16,19). The second-order valence-electron chi connectivity index (χ2n) is 6.21. The maximum absolute atomic E-state index is 12.3. The van der Waals surface area contributed by atoms with E-state index in [2.05, 4.69) is 34.7 Å². The lowest BCUT2D eigenvalue weighted by atomic mass is 9.74. The van der Waals surface area contributed by atoms with E-state index in [0.717, 1.165) is 29.4 Å². The van der Waals surface area contributed by atoms with Crippen molar-refractivity contribution in [1.29, 1.82) is 0 Å². The Labute approximate surface area is 123 Å². The fourth-order valence-electron chi connectivity index (χ4n) is 3.16. The van der Waals surface area contributed by atoms with Gasteiger partial charge in [0.15, 0.2) is 0 Å². The molecule has 1 amide bonds. The lowest BCUT2D eigenvalue weighted by Gasteiger charge is -2.42. The zero-order valence-electron chi connectivity index (χ0n) is 12.1. The fraction of sp³-hybridized carbons (Fsp3) is 0.786. The van der Waals surface area contributed by atoms with Gasteiger partial charge in [-0.15, -0.1) is 10.2 Å². The van der Waals surface area contributed by atoms with E-state index in [1.165, 1.54) is 6.42 Å². The van der Waals surface area contributed by atoms with Crippen LogP contribution in [0.4, 0.5) is 0 Å². The number of rotatable bonds is 4. The van der Waals surface area contributed by atoms with Crippen LogP contribution in [0.2, 0.25) is 0 Å². The maximum atomic E-state index is 12.3. The Morgan fingerprint density at radius 1 is 1.45 bits per heavy atom. The van der Waals surface area contributed by atoms with Gasteiger partial charge in [0.2, 0.25) is 5.91 Å². The summed E-state index contributed by atoms with van der Waals surface area (Å²) in [5.41, 5.74) is 0. The van der Waals surface area contributed by atoms with Crippen LogP contribution in [-0.2, 0) is 11.3 Å². The number of nitrogens with zero attached hydrogens (tertiary/aromatic N) is 2. The first kappa shape index (κ1) is 13.9. The molecule has 3 atom stereocenters. The van der Waals surface area contributed by atoms with E-state index in [0.29, 0.717) is 24.4 Å². The number of fused-ring (bicyclic) bond motifs is 3. The smallest absolute Gasteiger partial charge is 0.225 e. The number of hydrogen-bond donors (Lipinski definition) is 2. The largest absolute Gasteiger partial charge is 0.349 e. The lowest BCUT2D eigenvalue weighted by molar-refractivity contribution is -0.128. The first-order valence-corrected chi connectivity index (χ1v) is 8.28. The molecule has 1 aliphatic carbocycles. The van der Waals surface area contributed by atoms with Crippen molar-refractivity contribution in [3.63, 3.8) is 0 Å². The van der Waals surface area contributed by atoms with Gasteiger partial charge in [0.25, 0.3) is 0 Å². The molecule has 110 valence electrons. The van der Waals surface area contributed by atoms with Crippen LogP contribution in [0.5, 0.6) is 0 Å². The second kappa shape index (κ2) is 5.77. The van der Waals surface area contributed by atoms with Gasteiger partial charge in [-0.3, -0.25) is 4.79 Å². The van der Waals surface area contributed by atoms with Crippen LogP contribution in [0, 0.1) is 11.8 Å². The Kier molecular flexibility index (Phi) is 4.03. The van der Waals surface area contributed by atoms with Gasteiger partial charge in [-0.05, 0) is 31.7 Å². The van der Waals surface area contributed by atoms with Crippen molar-refractivity contribution < 1.29 is 4.79 Å². The van der Waals surface area contributed by atoms with Crippen molar-refractivity contribution in [3.8, 4) is 0 Å². The van der Waals surface area contributed by atoms with E-state index in [4.69, 9.17) is 0 Å². The highest BCUT2D eigenvalue weighted by Crippen LogP contribution is 2.33. The number of carbonyl (C=O) groups excluding carboxylic acids is 1. The Hall–Kier alpha value is -1.01. The summed E-state index contributed by atoms with van der Waals surface area (Å²) in [6.07, 6.45) is 3.45. The number of hydrogen-bond acceptors (Lipinski definition) is 5. The lowest BCUT2D eigenvalue weighted by Crippen LogP contribution is -2.54. The van der Waals surface area contributed by atoms with Gasteiger partial charge in [-0.2, -0.15) is 0 Å². The molecular formula is C14H22N4OS. The van der Waals surface area contributed by atoms with Crippen molar-refractivity contribution >= 4 is 17.2 Å². The molecule has 6 heteroatoms. The maximum Gasteiger partial charge on any atom is 0.225 e. The van der Waals surface area contributed by atoms with E-state index in [-0.39, 0.29) is 11.8 Å². The SMILES string of the molecule is CC(C)c1nnc(CNC(=O)C2CC3CCC2NC3)s1. The molecular weight excluding hydrogens is 272 g/mol. The van der Waals surface area contributed by atoms with Crippen molar-refractivity contribution in [2.24, 2.45) is 11.8 Å². The molecule has 3 heterocycles. The van der Waals surface area contributed by atoms with Gasteiger partial charge in [-0.1, -0.05) is 25.2 Å². The van der Waals surface area contributed by atoms with Crippen LogP contribution in [0.15, 0.2) is 0 Å². The monoisotopic (exact) mass is 294 g/mol. The molecule has 2 aliphatic heterocycles. The number of carbonyl (C=O) groups is 1. The molecule has 2 bridgehead atoms. The average molecular weight is 294 g/mol. The Bertz CT molecular complexity index is 479. The van der Waals surface area contributed by atoms with Crippen LogP contribution < -0.4 is 10.6 Å². The molecule has 0 radical (unpaired) electrons. The molecule has 2 N–H and O–H groups in total. The first-order valence-electron chi connectivity index (χ1n) is 7.47. The van der Waals surface area contributed by atoms with Crippen LogP contribution in [0.1, 0.15) is 49.0 Å². The van der Waals surface area contributed by atoms with Gasteiger partial charge in [0.05, 0.1) is 12.5 Å². The molecule has 0 aromatic carbocycles. The van der Waals surface area contributed by atoms with E-state index in [9.17, 15) is 4.79 Å². The Balaban J connectivity index is 1.54. The first-order chi connectivity index (χ1) is 9.63. The van der Waals surface area contributed by atoms with E-state index in [1.807, 2.05) is 0 Å². The zero-order chi connectivity index (χ0) is 14.1. The van der Waals surface area contributed by atoms with Crippen molar-refractivity contribution in [2.75, 3.05) is 6.54 Å². The third-order valence-electron chi connectivity index (χ3n) is 4.35. The van der Waals surface area contributed by atoms with Crippen molar-refractivity contribution in [2.45, 2.75) is 51.6 Å². The molecule has 3 fully saturated rings. The molecule has 3 aliphatic rings. The topological polar surface area (TPSA) is 66.9 Å². The third kappa shape index (κ3) is 2.86. The number of aromatic nitrogens is 2. The molecule has 20 heavy (non-hydrogen) atoms. The summed E-state index contributed by atoms with van der Waals surface area (Å²) in [4.78, 5) is 12.3. The molecule has 4 rings (SSSR count). The zero-order valence-corrected chi connectivity index (χ0v) is 12.9. The summed E-state index contributed by atoms with van der Waals surface area (Å²) < 4.78 is 0. The van der Waals surface area contributed by atoms with E-state index >= 15 is 0 Å². The van der Waals surface area contributed by atoms with Gasteiger partial charge >= 0.3 is 0 Å². The Morgan fingerprint density at radius 3 is 2.85 bits per heavy atom. The highest BCUT2D eigenvalue weighted by molar-refractivity contribution is 7.11. The minimum Gasteiger partial charge on any atom is -0.349 e. The van der Waals surface area contributed by atoms with E-state index < -0.39 is 0 Å². The van der Waals surface area contributed by atoms with Crippen molar-refractivity contribution in [3.05, 3.63) is 10.0 Å². The van der Waals surface area contributed by atoms with Crippen molar-refractivity contribution in [1.82, 2.24) is 20.8 Å². The van der Waals surface area contributed by atoms with Gasteiger partial charge in [-0.25, -0.2) is 0 Å². The van der Waals surface area contributed by atoms with Crippen LogP contribution in [0.25, 0.3) is 0 Å². The van der Waals surface area contributed by atoms with Crippen LogP contribution in [0.3, 0.4) is 0 Å². The fourth-order valence-corrected chi connectivity index (χ4v) is 3.95. The summed E-state index contributed by atoms with van der Waals surface area (Å²) in [6.45, 7) is 5.81. The van der Waals surface area contributed by atoms with E-state index in [1.54, 1.807) is 11.3 Å². The molecule has 2 saturated heterocycles. The number of nitrogens with one attached hydrogen (secondary N) is 2. The van der Waals surface area contributed by atoms with Gasteiger partial charge in [0, 0.05) is 12.0 Å². The highest BCUT2D eigenvalue weighted by atomic mass is 32.1. The predicted molar refractivity (Wildman–Crippen MR) is 78.5 cm³/mol. The van der Waals surface area contributed by atoms with Crippen LogP contribution >= 0.6 is 11.3 Å². The number of amides is 1. The average Bonchev–Trinajstić information content (AvgIpc) is 2.95. The summed E-state index contributed by atoms with van der Waals surface area (Å²) in [6, 6.07) is 0.376. The summed E-state index contributed by atoms with van der Waals surface area (Å²) in [5, 5.41) is 16.7. The summed E-state index contributed by atoms with van der Waals surface area (Å²) in [5.74, 6) is 1.40. The predicted octanol–water partition coefficient (Wildman–Crippen LogP) is 1.67. The molecule has 5 nitrogen and oxygen atoms in total. The second-order valence-corrected chi connectivity index (χ2v) is 7.30. The molecule has 1 saturated carbocycles. The minimum atomic E-state index is 0.139.